The summed E-state index contributed by atoms with van der Waals surface area (Å²) in [5, 5.41) is 11.8. The minimum atomic E-state index is -0.701. The molecule has 0 saturated heterocycles. The third-order valence-electron chi connectivity index (χ3n) is 3.02. The minimum absolute atomic E-state index is 0.0854. The second-order valence-corrected chi connectivity index (χ2v) is 5.61. The van der Waals surface area contributed by atoms with E-state index >= 15 is 0 Å². The normalized spacial score (nSPS) is 24.3. The van der Waals surface area contributed by atoms with Gasteiger partial charge in [-0.2, -0.15) is 11.8 Å². The van der Waals surface area contributed by atoms with Gasteiger partial charge < -0.3 is 10.4 Å². The third-order valence-corrected chi connectivity index (χ3v) is 4.19. The highest BCUT2D eigenvalue weighted by atomic mass is 32.2. The summed E-state index contributed by atoms with van der Waals surface area (Å²) in [7, 11) is 0. The third kappa shape index (κ3) is 5.44. The summed E-state index contributed by atoms with van der Waals surface area (Å²) < 4.78 is 0. The molecule has 0 aromatic rings. The van der Waals surface area contributed by atoms with Crippen LogP contribution in [0.25, 0.3) is 0 Å². The van der Waals surface area contributed by atoms with Crippen LogP contribution in [0, 0.1) is 5.92 Å². The first kappa shape index (κ1) is 14.4. The largest absolute Gasteiger partial charge is 0.481 e. The summed E-state index contributed by atoms with van der Waals surface area (Å²) in [5.41, 5.74) is 0. The Kier molecular flexibility index (Phi) is 6.40. The molecule has 17 heavy (non-hydrogen) atoms. The standard InChI is InChI=1S/C12H21NO3S/c1-2-7-17-8-11(14)13-10-5-3-9(4-6-10)12(15)16/h9-10H,2-8H2,1H3,(H,13,14)(H,15,16). The molecule has 1 amide bonds. The van der Waals surface area contributed by atoms with Crippen molar-refractivity contribution in [2.45, 2.75) is 45.1 Å². The van der Waals surface area contributed by atoms with Crippen molar-refractivity contribution in [3.63, 3.8) is 0 Å². The number of thioether (sulfide) groups is 1. The van der Waals surface area contributed by atoms with Gasteiger partial charge in [0.05, 0.1) is 11.7 Å². The number of hydrogen-bond acceptors (Lipinski definition) is 3. The zero-order valence-corrected chi connectivity index (χ0v) is 11.1. The number of amides is 1. The molecule has 5 heteroatoms. The van der Waals surface area contributed by atoms with Crippen molar-refractivity contribution in [1.29, 1.82) is 0 Å². The quantitative estimate of drug-likeness (QED) is 0.715. The molecular weight excluding hydrogens is 238 g/mol. The average molecular weight is 259 g/mol. The van der Waals surface area contributed by atoms with Crippen molar-refractivity contribution in [2.75, 3.05) is 11.5 Å². The second-order valence-electron chi connectivity index (χ2n) is 4.51. The second kappa shape index (κ2) is 7.58. The maximum atomic E-state index is 11.6. The first-order valence-electron chi connectivity index (χ1n) is 6.23. The van der Waals surface area contributed by atoms with Crippen molar-refractivity contribution in [3.8, 4) is 0 Å². The molecule has 0 atom stereocenters. The zero-order chi connectivity index (χ0) is 12.7. The molecule has 0 aromatic heterocycles. The molecule has 1 aliphatic carbocycles. The first-order valence-corrected chi connectivity index (χ1v) is 7.38. The molecule has 0 aromatic carbocycles. The Labute approximate surface area is 107 Å². The van der Waals surface area contributed by atoms with Gasteiger partial charge in [-0.1, -0.05) is 6.92 Å². The van der Waals surface area contributed by atoms with Crippen LogP contribution in [0.5, 0.6) is 0 Å². The van der Waals surface area contributed by atoms with Gasteiger partial charge in [-0.25, -0.2) is 0 Å². The lowest BCUT2D eigenvalue weighted by Gasteiger charge is -2.26. The van der Waals surface area contributed by atoms with Gasteiger partial charge in [-0.3, -0.25) is 9.59 Å². The van der Waals surface area contributed by atoms with Gasteiger partial charge in [0, 0.05) is 6.04 Å². The first-order chi connectivity index (χ1) is 8.13. The number of carboxylic acids is 1. The van der Waals surface area contributed by atoms with E-state index < -0.39 is 5.97 Å². The Morgan fingerprint density at radius 2 is 1.94 bits per heavy atom. The minimum Gasteiger partial charge on any atom is -0.481 e. The van der Waals surface area contributed by atoms with Crippen LogP contribution >= 0.6 is 11.8 Å². The van der Waals surface area contributed by atoms with E-state index in [1.807, 2.05) is 0 Å². The van der Waals surface area contributed by atoms with E-state index in [1.165, 1.54) is 0 Å². The van der Waals surface area contributed by atoms with Crippen LogP contribution in [0.1, 0.15) is 39.0 Å². The number of aliphatic carboxylic acids is 1. The molecule has 0 heterocycles. The van der Waals surface area contributed by atoms with Gasteiger partial charge in [-0.05, 0) is 37.9 Å². The maximum Gasteiger partial charge on any atom is 0.306 e. The summed E-state index contributed by atoms with van der Waals surface area (Å²) in [6, 6.07) is 0.181. The number of rotatable bonds is 6. The zero-order valence-electron chi connectivity index (χ0n) is 10.3. The van der Waals surface area contributed by atoms with Crippen molar-refractivity contribution >= 4 is 23.6 Å². The van der Waals surface area contributed by atoms with Gasteiger partial charge >= 0.3 is 5.97 Å². The smallest absolute Gasteiger partial charge is 0.306 e. The van der Waals surface area contributed by atoms with E-state index in [0.717, 1.165) is 25.0 Å². The monoisotopic (exact) mass is 259 g/mol. The molecule has 0 bridgehead atoms. The molecule has 1 saturated carbocycles. The van der Waals surface area contributed by atoms with Crippen LogP contribution in [0.15, 0.2) is 0 Å². The Balaban J connectivity index is 2.17. The van der Waals surface area contributed by atoms with Crippen LogP contribution in [0.2, 0.25) is 0 Å². The summed E-state index contributed by atoms with van der Waals surface area (Å²) in [4.78, 5) is 22.3. The summed E-state index contributed by atoms with van der Waals surface area (Å²) in [6.07, 6.45) is 4.04. The highest BCUT2D eigenvalue weighted by molar-refractivity contribution is 7.99. The predicted octanol–water partition coefficient (Wildman–Crippen LogP) is 1.89. The Morgan fingerprint density at radius 3 is 2.47 bits per heavy atom. The molecule has 2 N–H and O–H groups in total. The summed E-state index contributed by atoms with van der Waals surface area (Å²) >= 11 is 1.65. The van der Waals surface area contributed by atoms with E-state index in [4.69, 9.17) is 5.11 Å². The number of hydrogen-bond donors (Lipinski definition) is 2. The van der Waals surface area contributed by atoms with E-state index in [2.05, 4.69) is 12.2 Å². The van der Waals surface area contributed by atoms with Gasteiger partial charge in [0.2, 0.25) is 5.91 Å². The van der Waals surface area contributed by atoms with Gasteiger partial charge in [0.1, 0.15) is 0 Å². The molecule has 0 spiro atoms. The summed E-state index contributed by atoms with van der Waals surface area (Å²) in [6.45, 7) is 2.10. The van der Waals surface area contributed by atoms with Crippen LogP contribution in [-0.2, 0) is 9.59 Å². The SMILES string of the molecule is CCCSCC(=O)NC1CCC(C(=O)O)CC1. The lowest BCUT2D eigenvalue weighted by Crippen LogP contribution is -2.39. The molecule has 1 rings (SSSR count). The fourth-order valence-electron chi connectivity index (χ4n) is 2.06. The van der Waals surface area contributed by atoms with Crippen molar-refractivity contribution in [2.24, 2.45) is 5.92 Å². The van der Waals surface area contributed by atoms with Crippen LogP contribution < -0.4 is 5.32 Å². The fraction of sp³-hybridized carbons (Fsp3) is 0.833. The predicted molar refractivity (Wildman–Crippen MR) is 69.1 cm³/mol. The number of carbonyl (C=O) groups is 2. The van der Waals surface area contributed by atoms with E-state index in [-0.39, 0.29) is 17.9 Å². The van der Waals surface area contributed by atoms with E-state index in [1.54, 1.807) is 11.8 Å². The number of nitrogens with one attached hydrogen (secondary N) is 1. The van der Waals surface area contributed by atoms with Gasteiger partial charge in [-0.15, -0.1) is 0 Å². The van der Waals surface area contributed by atoms with Crippen molar-refractivity contribution in [3.05, 3.63) is 0 Å². The van der Waals surface area contributed by atoms with Crippen molar-refractivity contribution in [1.82, 2.24) is 5.32 Å². The highest BCUT2D eigenvalue weighted by Gasteiger charge is 2.26. The molecule has 0 aliphatic heterocycles. The van der Waals surface area contributed by atoms with Crippen LogP contribution in [0.3, 0.4) is 0 Å². The number of carbonyl (C=O) groups excluding carboxylic acids is 1. The topological polar surface area (TPSA) is 66.4 Å². The van der Waals surface area contributed by atoms with Gasteiger partial charge in [0.15, 0.2) is 0 Å². The molecule has 1 aliphatic rings. The van der Waals surface area contributed by atoms with Crippen LogP contribution in [-0.4, -0.2) is 34.5 Å². The molecule has 4 nitrogen and oxygen atoms in total. The summed E-state index contributed by atoms with van der Waals surface area (Å²) in [5.74, 6) is 0.708. The van der Waals surface area contributed by atoms with E-state index in [9.17, 15) is 9.59 Å². The lowest BCUT2D eigenvalue weighted by molar-refractivity contribution is -0.142. The number of carboxylic acid groups (broad SMARTS) is 1. The van der Waals surface area contributed by atoms with Crippen molar-refractivity contribution < 1.29 is 14.7 Å². The highest BCUT2D eigenvalue weighted by Crippen LogP contribution is 2.24. The molecular formula is C12H21NO3S. The molecule has 0 radical (unpaired) electrons. The molecule has 98 valence electrons. The molecule has 0 unspecified atom stereocenters. The van der Waals surface area contributed by atoms with Gasteiger partial charge in [0.25, 0.3) is 0 Å². The fourth-order valence-corrected chi connectivity index (χ4v) is 2.76. The Morgan fingerprint density at radius 1 is 1.29 bits per heavy atom. The Hall–Kier alpha value is -0.710. The lowest BCUT2D eigenvalue weighted by atomic mass is 9.86. The van der Waals surface area contributed by atoms with Crippen LogP contribution in [0.4, 0.5) is 0 Å². The molecule has 1 fully saturated rings. The Bertz CT molecular complexity index is 262. The van der Waals surface area contributed by atoms with E-state index in [0.29, 0.717) is 18.6 Å². The maximum absolute atomic E-state index is 11.6. The average Bonchev–Trinajstić information content (AvgIpc) is 2.30.